The highest BCUT2D eigenvalue weighted by molar-refractivity contribution is 9.10. The van der Waals surface area contributed by atoms with E-state index in [2.05, 4.69) is 26.0 Å². The van der Waals surface area contributed by atoms with Crippen LogP contribution < -0.4 is 5.32 Å². The summed E-state index contributed by atoms with van der Waals surface area (Å²) >= 11 is 3.11. The van der Waals surface area contributed by atoms with Crippen LogP contribution in [-0.2, 0) is 9.53 Å². The van der Waals surface area contributed by atoms with Crippen molar-refractivity contribution in [3.05, 3.63) is 22.6 Å². The third-order valence-electron chi connectivity index (χ3n) is 2.27. The van der Waals surface area contributed by atoms with Gasteiger partial charge in [-0.2, -0.15) is 0 Å². The van der Waals surface area contributed by atoms with Crippen molar-refractivity contribution in [2.24, 2.45) is 0 Å². The average molecular weight is 304 g/mol. The molecule has 1 unspecified atom stereocenters. The number of carbonyl (C=O) groups is 2. The zero-order chi connectivity index (χ0) is 12.8. The molecule has 0 fully saturated rings. The van der Waals surface area contributed by atoms with Gasteiger partial charge in [-0.25, -0.2) is 0 Å². The highest BCUT2D eigenvalue weighted by Gasteiger charge is 2.17. The van der Waals surface area contributed by atoms with Gasteiger partial charge in [-0.3, -0.25) is 9.59 Å². The highest BCUT2D eigenvalue weighted by Crippen LogP contribution is 2.14. The summed E-state index contributed by atoms with van der Waals surface area (Å²) in [5, 5.41) is 2.71. The molecule has 0 aliphatic rings. The zero-order valence-corrected chi connectivity index (χ0v) is 11.2. The zero-order valence-electron chi connectivity index (χ0n) is 9.66. The van der Waals surface area contributed by atoms with E-state index in [0.717, 1.165) is 0 Å². The lowest BCUT2D eigenvalue weighted by Gasteiger charge is -2.14. The van der Waals surface area contributed by atoms with E-state index in [4.69, 9.17) is 4.42 Å². The van der Waals surface area contributed by atoms with E-state index in [-0.39, 0.29) is 30.1 Å². The Labute approximate surface area is 108 Å². The van der Waals surface area contributed by atoms with Gasteiger partial charge in [0.25, 0.3) is 5.91 Å². The van der Waals surface area contributed by atoms with Crippen LogP contribution in [0, 0.1) is 0 Å². The molecule has 0 bridgehead atoms. The first kappa shape index (κ1) is 13.8. The van der Waals surface area contributed by atoms with Gasteiger partial charge in [-0.15, -0.1) is 0 Å². The second-order valence-electron chi connectivity index (χ2n) is 3.46. The maximum atomic E-state index is 11.7. The second kappa shape index (κ2) is 6.44. The predicted octanol–water partition coefficient (Wildman–Crippen LogP) is 2.11. The summed E-state index contributed by atoms with van der Waals surface area (Å²) < 4.78 is 10.2. The molecule has 5 nitrogen and oxygen atoms in total. The molecular weight excluding hydrogens is 290 g/mol. The molecule has 94 valence electrons. The lowest BCUT2D eigenvalue weighted by molar-refractivity contribution is -0.141. The fourth-order valence-corrected chi connectivity index (χ4v) is 1.58. The minimum atomic E-state index is -0.349. The summed E-state index contributed by atoms with van der Waals surface area (Å²) in [7, 11) is 1.32. The van der Waals surface area contributed by atoms with Crippen molar-refractivity contribution in [3.63, 3.8) is 0 Å². The molecule has 1 aromatic heterocycles. The smallest absolute Gasteiger partial charge is 0.307 e. The van der Waals surface area contributed by atoms with Gasteiger partial charge in [-0.05, 0) is 34.5 Å². The molecule has 0 spiro atoms. The van der Waals surface area contributed by atoms with Gasteiger partial charge in [0, 0.05) is 6.04 Å². The Bertz CT molecular complexity index is 402. The third kappa shape index (κ3) is 4.22. The summed E-state index contributed by atoms with van der Waals surface area (Å²) in [5.74, 6) is -0.482. The topological polar surface area (TPSA) is 68.5 Å². The van der Waals surface area contributed by atoms with E-state index >= 15 is 0 Å². The second-order valence-corrected chi connectivity index (χ2v) is 4.24. The van der Waals surface area contributed by atoms with Crippen LogP contribution in [0.4, 0.5) is 0 Å². The molecule has 0 aromatic carbocycles. The van der Waals surface area contributed by atoms with Gasteiger partial charge in [0.15, 0.2) is 10.4 Å². The van der Waals surface area contributed by atoms with Gasteiger partial charge in [0.2, 0.25) is 0 Å². The Morgan fingerprint density at radius 2 is 2.24 bits per heavy atom. The minimum Gasteiger partial charge on any atom is -0.469 e. The molecule has 1 amide bonds. The van der Waals surface area contributed by atoms with E-state index in [1.165, 1.54) is 7.11 Å². The lowest BCUT2D eigenvalue weighted by Crippen LogP contribution is -2.36. The number of amides is 1. The van der Waals surface area contributed by atoms with Crippen LogP contribution in [-0.4, -0.2) is 25.0 Å². The summed E-state index contributed by atoms with van der Waals surface area (Å²) in [5.41, 5.74) is 0. The number of rotatable bonds is 5. The van der Waals surface area contributed by atoms with Gasteiger partial charge in [-0.1, -0.05) is 6.92 Å². The molecule has 6 heteroatoms. The van der Waals surface area contributed by atoms with Crippen LogP contribution in [0.3, 0.4) is 0 Å². The predicted molar refractivity (Wildman–Crippen MR) is 64.6 cm³/mol. The number of ether oxygens (including phenoxy) is 1. The maximum absolute atomic E-state index is 11.7. The van der Waals surface area contributed by atoms with Crippen LogP contribution in [0.25, 0.3) is 0 Å². The molecule has 0 saturated carbocycles. The van der Waals surface area contributed by atoms with Crippen molar-refractivity contribution in [2.75, 3.05) is 7.11 Å². The van der Waals surface area contributed by atoms with E-state index < -0.39 is 0 Å². The number of furan rings is 1. The number of hydrogen-bond acceptors (Lipinski definition) is 4. The van der Waals surface area contributed by atoms with Gasteiger partial charge in [0.05, 0.1) is 13.5 Å². The van der Waals surface area contributed by atoms with Crippen molar-refractivity contribution in [1.29, 1.82) is 0 Å². The molecule has 1 heterocycles. The molecular formula is C11H14BrNO4. The van der Waals surface area contributed by atoms with Crippen LogP contribution in [0.2, 0.25) is 0 Å². The van der Waals surface area contributed by atoms with Gasteiger partial charge >= 0.3 is 5.97 Å². The van der Waals surface area contributed by atoms with E-state index in [1.54, 1.807) is 12.1 Å². The number of esters is 1. The molecule has 0 saturated heterocycles. The average Bonchev–Trinajstić information content (AvgIpc) is 2.74. The number of halogens is 1. The van der Waals surface area contributed by atoms with Gasteiger partial charge < -0.3 is 14.5 Å². The Morgan fingerprint density at radius 3 is 2.71 bits per heavy atom. The Hall–Kier alpha value is -1.30. The van der Waals surface area contributed by atoms with Crippen LogP contribution >= 0.6 is 15.9 Å². The van der Waals surface area contributed by atoms with Gasteiger partial charge in [0.1, 0.15) is 0 Å². The number of hydrogen-bond donors (Lipinski definition) is 1. The molecule has 17 heavy (non-hydrogen) atoms. The summed E-state index contributed by atoms with van der Waals surface area (Å²) in [6, 6.07) is 2.94. The SMILES string of the molecule is CCC(CC(=O)OC)NC(=O)c1ccc(Br)o1. The Kier molecular flexibility index (Phi) is 5.21. The fourth-order valence-electron chi connectivity index (χ4n) is 1.27. The highest BCUT2D eigenvalue weighted by atomic mass is 79.9. The maximum Gasteiger partial charge on any atom is 0.307 e. The monoisotopic (exact) mass is 303 g/mol. The number of carbonyl (C=O) groups excluding carboxylic acids is 2. The summed E-state index contributed by atoms with van der Waals surface area (Å²) in [6.07, 6.45) is 0.795. The standard InChI is InChI=1S/C11H14BrNO4/c1-3-7(6-10(14)16-2)13-11(15)8-4-5-9(12)17-8/h4-5,7H,3,6H2,1-2H3,(H,13,15). The molecule has 1 aromatic rings. The molecule has 1 atom stereocenters. The number of nitrogens with one attached hydrogen (secondary N) is 1. The van der Waals surface area contributed by atoms with Crippen LogP contribution in [0.5, 0.6) is 0 Å². The fraction of sp³-hybridized carbons (Fsp3) is 0.455. The normalized spacial score (nSPS) is 11.9. The van der Waals surface area contributed by atoms with Crippen molar-refractivity contribution in [3.8, 4) is 0 Å². The molecule has 1 rings (SSSR count). The lowest BCUT2D eigenvalue weighted by atomic mass is 10.1. The molecule has 0 aliphatic carbocycles. The first-order chi connectivity index (χ1) is 8.06. The minimum absolute atomic E-state index is 0.153. The molecule has 0 radical (unpaired) electrons. The van der Waals surface area contributed by atoms with Crippen LogP contribution in [0.1, 0.15) is 30.3 Å². The Balaban J connectivity index is 2.56. The van der Waals surface area contributed by atoms with Crippen molar-refractivity contribution >= 4 is 27.8 Å². The van der Waals surface area contributed by atoms with Crippen LogP contribution in [0.15, 0.2) is 21.2 Å². The summed E-state index contributed by atoms with van der Waals surface area (Å²) in [4.78, 5) is 22.8. The Morgan fingerprint density at radius 1 is 1.53 bits per heavy atom. The molecule has 1 N–H and O–H groups in total. The van der Waals surface area contributed by atoms with E-state index in [9.17, 15) is 9.59 Å². The quantitative estimate of drug-likeness (QED) is 0.846. The largest absolute Gasteiger partial charge is 0.469 e. The van der Waals surface area contributed by atoms with E-state index in [0.29, 0.717) is 11.1 Å². The third-order valence-corrected chi connectivity index (χ3v) is 2.69. The van der Waals surface area contributed by atoms with Crippen molar-refractivity contribution < 1.29 is 18.7 Å². The van der Waals surface area contributed by atoms with E-state index in [1.807, 2.05) is 6.92 Å². The van der Waals surface area contributed by atoms with Crippen molar-refractivity contribution in [1.82, 2.24) is 5.32 Å². The first-order valence-electron chi connectivity index (χ1n) is 5.19. The van der Waals surface area contributed by atoms with Crippen molar-refractivity contribution in [2.45, 2.75) is 25.8 Å². The first-order valence-corrected chi connectivity index (χ1v) is 5.99. The summed E-state index contributed by atoms with van der Waals surface area (Å²) in [6.45, 7) is 1.88. The number of methoxy groups -OCH3 is 1. The molecule has 0 aliphatic heterocycles.